The lowest BCUT2D eigenvalue weighted by Crippen LogP contribution is -2.40. The van der Waals surface area contributed by atoms with Crippen LogP contribution in [-0.4, -0.2) is 35.5 Å². The molecule has 0 amide bonds. The number of nitrogens with one attached hydrogen (secondary N) is 1. The Balaban J connectivity index is 1.56. The highest BCUT2D eigenvalue weighted by Gasteiger charge is 2.31. The number of aliphatic hydroxyl groups is 1. The van der Waals surface area contributed by atoms with Gasteiger partial charge in [-0.05, 0) is 24.3 Å². The molecule has 1 aromatic heterocycles. The molecule has 1 aromatic carbocycles. The molecule has 2 aromatic rings. The van der Waals surface area contributed by atoms with Crippen LogP contribution in [0, 0.1) is 5.82 Å². The van der Waals surface area contributed by atoms with E-state index < -0.39 is 5.60 Å². The molecule has 4 nitrogen and oxygen atoms in total. The second kappa shape index (κ2) is 6.19. The molecule has 1 unspecified atom stereocenters. The van der Waals surface area contributed by atoms with Crippen molar-refractivity contribution >= 4 is 11.3 Å². The lowest BCUT2D eigenvalue weighted by molar-refractivity contribution is 0.0268. The van der Waals surface area contributed by atoms with Crippen LogP contribution in [0.3, 0.4) is 0 Å². The maximum Gasteiger partial charge on any atom is 0.123 e. The summed E-state index contributed by atoms with van der Waals surface area (Å²) in [4.78, 5) is 4.52. The molecule has 1 atom stereocenters. The van der Waals surface area contributed by atoms with Gasteiger partial charge in [-0.3, -0.25) is 0 Å². The summed E-state index contributed by atoms with van der Waals surface area (Å²) in [6.07, 6.45) is 0.665. The van der Waals surface area contributed by atoms with E-state index in [4.69, 9.17) is 4.74 Å². The molecule has 0 bridgehead atoms. The first kappa shape index (κ1) is 14.6. The van der Waals surface area contributed by atoms with Crippen molar-refractivity contribution in [3.8, 4) is 10.6 Å². The van der Waals surface area contributed by atoms with Crippen LogP contribution < -0.4 is 5.32 Å². The summed E-state index contributed by atoms with van der Waals surface area (Å²) in [6, 6.07) is 6.32. The normalized spacial score (nSPS) is 21.8. The Morgan fingerprint density at radius 2 is 2.19 bits per heavy atom. The van der Waals surface area contributed by atoms with E-state index in [1.807, 2.05) is 5.38 Å². The predicted molar refractivity (Wildman–Crippen MR) is 79.6 cm³/mol. The second-order valence-corrected chi connectivity index (χ2v) is 6.14. The summed E-state index contributed by atoms with van der Waals surface area (Å²) < 4.78 is 18.1. The van der Waals surface area contributed by atoms with Crippen LogP contribution in [0.4, 0.5) is 4.39 Å². The highest BCUT2D eigenvalue weighted by atomic mass is 32.1. The molecule has 0 aliphatic carbocycles. The van der Waals surface area contributed by atoms with E-state index in [-0.39, 0.29) is 5.82 Å². The molecule has 21 heavy (non-hydrogen) atoms. The molecule has 0 spiro atoms. The standard InChI is InChI=1S/C15H17FN2O2S/c16-12-3-1-11(2-4-12)14-18-13(8-21-14)7-17-9-15(19)5-6-20-10-15/h1-4,8,17,19H,5-7,9-10H2. The molecule has 1 fully saturated rings. The summed E-state index contributed by atoms with van der Waals surface area (Å²) in [7, 11) is 0. The Morgan fingerprint density at radius 1 is 1.38 bits per heavy atom. The molecule has 112 valence electrons. The molecule has 1 saturated heterocycles. The third-order valence-corrected chi connectivity index (χ3v) is 4.43. The smallest absolute Gasteiger partial charge is 0.123 e. The fourth-order valence-corrected chi connectivity index (χ4v) is 3.10. The highest BCUT2D eigenvalue weighted by Crippen LogP contribution is 2.24. The van der Waals surface area contributed by atoms with Crippen LogP contribution in [0.1, 0.15) is 12.1 Å². The number of hydrogen-bond donors (Lipinski definition) is 2. The van der Waals surface area contributed by atoms with Crippen LogP contribution in [0.25, 0.3) is 10.6 Å². The van der Waals surface area contributed by atoms with Crippen molar-refractivity contribution in [2.45, 2.75) is 18.6 Å². The van der Waals surface area contributed by atoms with Crippen molar-refractivity contribution in [3.63, 3.8) is 0 Å². The number of nitrogens with zero attached hydrogens (tertiary/aromatic N) is 1. The minimum atomic E-state index is -0.754. The summed E-state index contributed by atoms with van der Waals surface area (Å²) in [6.45, 7) is 2.10. The van der Waals surface area contributed by atoms with Crippen molar-refractivity contribution in [2.75, 3.05) is 19.8 Å². The van der Waals surface area contributed by atoms with Gasteiger partial charge in [0.15, 0.2) is 0 Å². The Hall–Kier alpha value is -1.34. The zero-order valence-corrected chi connectivity index (χ0v) is 12.3. The molecule has 2 heterocycles. The minimum Gasteiger partial charge on any atom is -0.386 e. The maximum atomic E-state index is 12.9. The number of halogens is 1. The van der Waals surface area contributed by atoms with Crippen molar-refractivity contribution in [2.24, 2.45) is 0 Å². The van der Waals surface area contributed by atoms with Gasteiger partial charge in [0.1, 0.15) is 16.4 Å². The van der Waals surface area contributed by atoms with E-state index in [1.165, 1.54) is 23.5 Å². The van der Waals surface area contributed by atoms with E-state index in [1.54, 1.807) is 12.1 Å². The molecular formula is C15H17FN2O2S. The molecule has 6 heteroatoms. The molecule has 2 N–H and O–H groups in total. The van der Waals surface area contributed by atoms with Gasteiger partial charge < -0.3 is 15.2 Å². The van der Waals surface area contributed by atoms with Crippen molar-refractivity contribution in [1.29, 1.82) is 0 Å². The lowest BCUT2D eigenvalue weighted by Gasteiger charge is -2.20. The van der Waals surface area contributed by atoms with Gasteiger partial charge in [-0.15, -0.1) is 11.3 Å². The summed E-state index contributed by atoms with van der Waals surface area (Å²) in [5, 5.41) is 16.2. The molecular weight excluding hydrogens is 291 g/mol. The number of ether oxygens (including phenoxy) is 1. The van der Waals surface area contributed by atoms with Gasteiger partial charge in [0.2, 0.25) is 0 Å². The van der Waals surface area contributed by atoms with Crippen molar-refractivity contribution in [1.82, 2.24) is 10.3 Å². The fraction of sp³-hybridized carbons (Fsp3) is 0.400. The van der Waals surface area contributed by atoms with Gasteiger partial charge in [0, 0.05) is 37.1 Å². The Kier molecular flexibility index (Phi) is 4.30. The minimum absolute atomic E-state index is 0.246. The van der Waals surface area contributed by atoms with Crippen molar-refractivity contribution < 1.29 is 14.2 Å². The maximum absolute atomic E-state index is 12.9. The Bertz CT molecular complexity index is 594. The van der Waals surface area contributed by atoms with Crippen LogP contribution >= 0.6 is 11.3 Å². The number of thiazole rings is 1. The predicted octanol–water partition coefficient (Wildman–Crippen LogP) is 2.19. The molecule has 0 radical (unpaired) electrons. The van der Waals surface area contributed by atoms with E-state index in [0.717, 1.165) is 16.3 Å². The van der Waals surface area contributed by atoms with Crippen LogP contribution in [0.5, 0.6) is 0 Å². The lowest BCUT2D eigenvalue weighted by atomic mass is 10.0. The largest absolute Gasteiger partial charge is 0.386 e. The fourth-order valence-electron chi connectivity index (χ4n) is 2.27. The topological polar surface area (TPSA) is 54.4 Å². The van der Waals surface area contributed by atoms with Gasteiger partial charge in [-0.1, -0.05) is 0 Å². The molecule has 1 aliphatic rings. The summed E-state index contributed by atoms with van der Waals surface area (Å²) in [5.74, 6) is -0.246. The number of hydrogen-bond acceptors (Lipinski definition) is 5. The van der Waals surface area contributed by atoms with Gasteiger partial charge in [0.05, 0.1) is 12.3 Å². The van der Waals surface area contributed by atoms with E-state index in [9.17, 15) is 9.50 Å². The summed E-state index contributed by atoms with van der Waals surface area (Å²) in [5.41, 5.74) is 1.08. The number of aromatic nitrogens is 1. The Labute approximate surface area is 126 Å². The first-order valence-corrected chi connectivity index (χ1v) is 7.74. The average molecular weight is 308 g/mol. The molecule has 1 aliphatic heterocycles. The van der Waals surface area contributed by atoms with E-state index in [2.05, 4.69) is 10.3 Å². The molecule has 3 rings (SSSR count). The van der Waals surface area contributed by atoms with Crippen LogP contribution in [0.2, 0.25) is 0 Å². The second-order valence-electron chi connectivity index (χ2n) is 5.28. The van der Waals surface area contributed by atoms with Gasteiger partial charge >= 0.3 is 0 Å². The third-order valence-electron chi connectivity index (χ3n) is 3.49. The SMILES string of the molecule is OC1(CNCc2csc(-c3ccc(F)cc3)n2)CCOC1. The number of rotatable bonds is 5. The third kappa shape index (κ3) is 3.65. The van der Waals surface area contributed by atoms with E-state index in [0.29, 0.717) is 32.7 Å². The van der Waals surface area contributed by atoms with Gasteiger partial charge in [-0.2, -0.15) is 0 Å². The summed E-state index contributed by atoms with van der Waals surface area (Å²) >= 11 is 1.53. The molecule has 0 saturated carbocycles. The first-order chi connectivity index (χ1) is 10.1. The monoisotopic (exact) mass is 308 g/mol. The van der Waals surface area contributed by atoms with Crippen LogP contribution in [0.15, 0.2) is 29.6 Å². The van der Waals surface area contributed by atoms with Crippen LogP contribution in [-0.2, 0) is 11.3 Å². The zero-order valence-electron chi connectivity index (χ0n) is 11.5. The zero-order chi connectivity index (χ0) is 14.7. The quantitative estimate of drug-likeness (QED) is 0.889. The number of benzene rings is 1. The highest BCUT2D eigenvalue weighted by molar-refractivity contribution is 7.13. The first-order valence-electron chi connectivity index (χ1n) is 6.86. The average Bonchev–Trinajstić information content (AvgIpc) is 3.10. The van der Waals surface area contributed by atoms with E-state index >= 15 is 0 Å². The van der Waals surface area contributed by atoms with Gasteiger partial charge in [-0.25, -0.2) is 9.37 Å². The van der Waals surface area contributed by atoms with Gasteiger partial charge in [0.25, 0.3) is 0 Å². The Morgan fingerprint density at radius 3 is 2.90 bits per heavy atom. The van der Waals surface area contributed by atoms with Crippen molar-refractivity contribution in [3.05, 3.63) is 41.2 Å².